The lowest BCUT2D eigenvalue weighted by Gasteiger charge is -2.26. The molecule has 14 heavy (non-hydrogen) atoms. The van der Waals surface area contributed by atoms with Crippen molar-refractivity contribution in [1.29, 1.82) is 0 Å². The Labute approximate surface area is 96.6 Å². The van der Waals surface area contributed by atoms with Crippen molar-refractivity contribution >= 4 is 27.3 Å². The molecule has 0 bridgehead atoms. The molecule has 2 rings (SSSR count). The Morgan fingerprint density at radius 3 is 2.79 bits per heavy atom. The lowest BCUT2D eigenvalue weighted by atomic mass is 9.91. The molecule has 0 saturated carbocycles. The minimum absolute atomic E-state index is 0.190. The number of hydrogen-bond donors (Lipinski definition) is 1. The highest BCUT2D eigenvalue weighted by atomic mass is 79.9. The molecule has 78 valence electrons. The Balaban J connectivity index is 2.03. The molecule has 1 aliphatic heterocycles. The van der Waals surface area contributed by atoms with Gasteiger partial charge in [-0.3, -0.25) is 0 Å². The van der Waals surface area contributed by atoms with Crippen LogP contribution in [0.25, 0.3) is 0 Å². The van der Waals surface area contributed by atoms with Gasteiger partial charge in [0.1, 0.15) is 0 Å². The number of rotatable bonds is 2. The molecule has 4 heteroatoms. The summed E-state index contributed by atoms with van der Waals surface area (Å²) in [5.41, 5.74) is 6.22. The van der Waals surface area contributed by atoms with Gasteiger partial charge < -0.3 is 10.5 Å². The minimum atomic E-state index is 0.190. The van der Waals surface area contributed by atoms with Gasteiger partial charge in [-0.25, -0.2) is 0 Å². The van der Waals surface area contributed by atoms with Gasteiger partial charge in [0.2, 0.25) is 0 Å². The van der Waals surface area contributed by atoms with Crippen LogP contribution in [0, 0.1) is 5.92 Å². The van der Waals surface area contributed by atoms with E-state index in [1.165, 1.54) is 4.88 Å². The summed E-state index contributed by atoms with van der Waals surface area (Å²) >= 11 is 5.19. The van der Waals surface area contributed by atoms with Gasteiger partial charge in [0.05, 0.1) is 0 Å². The summed E-state index contributed by atoms with van der Waals surface area (Å²) in [6.45, 7) is 1.73. The van der Waals surface area contributed by atoms with Gasteiger partial charge in [-0.05, 0) is 40.8 Å². The number of ether oxygens (including phenoxy) is 1. The molecule has 0 unspecified atom stereocenters. The number of nitrogens with two attached hydrogens (primary N) is 1. The van der Waals surface area contributed by atoms with Crippen molar-refractivity contribution in [2.45, 2.75) is 18.9 Å². The molecule has 1 aliphatic rings. The Kier molecular flexibility index (Phi) is 3.60. The third-order valence-electron chi connectivity index (χ3n) is 2.69. The average Bonchev–Trinajstić information content (AvgIpc) is 2.65. The maximum Gasteiger partial charge on any atom is 0.0469 e. The fourth-order valence-corrected chi connectivity index (χ4v) is 3.35. The summed E-state index contributed by atoms with van der Waals surface area (Å²) in [6, 6.07) is 2.32. The van der Waals surface area contributed by atoms with Crippen LogP contribution >= 0.6 is 27.3 Å². The minimum Gasteiger partial charge on any atom is -0.381 e. The monoisotopic (exact) mass is 275 g/mol. The Hall–Kier alpha value is 0.1000. The lowest BCUT2D eigenvalue weighted by Crippen LogP contribution is -2.26. The van der Waals surface area contributed by atoms with E-state index in [0.29, 0.717) is 5.92 Å². The summed E-state index contributed by atoms with van der Waals surface area (Å²) in [7, 11) is 0. The molecule has 1 aromatic heterocycles. The van der Waals surface area contributed by atoms with E-state index in [9.17, 15) is 0 Å². The molecule has 1 fully saturated rings. The molecular formula is C10H14BrNOS. The van der Waals surface area contributed by atoms with Gasteiger partial charge in [-0.1, -0.05) is 0 Å². The van der Waals surface area contributed by atoms with Crippen LogP contribution in [0.15, 0.2) is 15.9 Å². The third-order valence-corrected chi connectivity index (χ3v) is 4.48. The van der Waals surface area contributed by atoms with Crippen LogP contribution in [-0.2, 0) is 4.74 Å². The fourth-order valence-electron chi connectivity index (χ4n) is 1.81. The largest absolute Gasteiger partial charge is 0.381 e. The lowest BCUT2D eigenvalue weighted by molar-refractivity contribution is 0.0587. The van der Waals surface area contributed by atoms with Crippen LogP contribution in [0.3, 0.4) is 0 Å². The summed E-state index contributed by atoms with van der Waals surface area (Å²) in [4.78, 5) is 1.28. The molecule has 0 amide bonds. The molecular weight excluding hydrogens is 262 g/mol. The normalized spacial score (nSPS) is 21.0. The predicted molar refractivity (Wildman–Crippen MR) is 62.5 cm³/mol. The number of thiophene rings is 1. The molecule has 0 spiro atoms. The van der Waals surface area contributed by atoms with E-state index in [4.69, 9.17) is 10.5 Å². The van der Waals surface area contributed by atoms with Gasteiger partial charge in [-0.2, -0.15) is 0 Å². The van der Waals surface area contributed by atoms with Crippen molar-refractivity contribution in [2.24, 2.45) is 11.7 Å². The highest BCUT2D eigenvalue weighted by Gasteiger charge is 2.23. The summed E-state index contributed by atoms with van der Waals surface area (Å²) in [5.74, 6) is 0.592. The Morgan fingerprint density at radius 1 is 1.50 bits per heavy atom. The van der Waals surface area contributed by atoms with Crippen molar-refractivity contribution in [3.05, 3.63) is 20.8 Å². The van der Waals surface area contributed by atoms with E-state index in [-0.39, 0.29) is 6.04 Å². The smallest absolute Gasteiger partial charge is 0.0469 e. The quantitative estimate of drug-likeness (QED) is 0.901. The maximum atomic E-state index is 6.22. The van der Waals surface area contributed by atoms with Crippen LogP contribution in [0.1, 0.15) is 23.8 Å². The third kappa shape index (κ3) is 2.37. The van der Waals surface area contributed by atoms with Crippen molar-refractivity contribution in [3.63, 3.8) is 0 Å². The fraction of sp³-hybridized carbons (Fsp3) is 0.600. The van der Waals surface area contributed by atoms with E-state index in [1.54, 1.807) is 11.3 Å². The molecule has 2 nitrogen and oxygen atoms in total. The second kappa shape index (κ2) is 4.75. The van der Waals surface area contributed by atoms with Gasteiger partial charge in [0.25, 0.3) is 0 Å². The molecule has 0 aromatic carbocycles. The van der Waals surface area contributed by atoms with E-state index in [1.807, 2.05) is 0 Å². The topological polar surface area (TPSA) is 35.2 Å². The first-order valence-electron chi connectivity index (χ1n) is 4.84. The van der Waals surface area contributed by atoms with Crippen molar-refractivity contribution in [2.75, 3.05) is 13.2 Å². The van der Waals surface area contributed by atoms with E-state index in [0.717, 1.165) is 30.5 Å². The van der Waals surface area contributed by atoms with Gasteiger partial charge in [0, 0.05) is 34.0 Å². The van der Waals surface area contributed by atoms with Crippen molar-refractivity contribution in [3.8, 4) is 0 Å². The van der Waals surface area contributed by atoms with E-state index in [2.05, 4.69) is 27.4 Å². The highest BCUT2D eigenvalue weighted by Crippen LogP contribution is 2.32. The number of hydrogen-bond acceptors (Lipinski definition) is 3. The maximum absolute atomic E-state index is 6.22. The Bertz CT molecular complexity index is 296. The first kappa shape index (κ1) is 10.6. The molecule has 1 atom stereocenters. The molecule has 1 saturated heterocycles. The summed E-state index contributed by atoms with van der Waals surface area (Å²) in [5, 5.41) is 2.09. The average molecular weight is 276 g/mol. The van der Waals surface area contributed by atoms with Gasteiger partial charge in [0.15, 0.2) is 0 Å². The molecule has 2 N–H and O–H groups in total. The van der Waals surface area contributed by atoms with Gasteiger partial charge >= 0.3 is 0 Å². The highest BCUT2D eigenvalue weighted by molar-refractivity contribution is 9.10. The molecule has 2 heterocycles. The SMILES string of the molecule is N[C@H](c1cc(Br)cs1)C1CCOCC1. The van der Waals surface area contributed by atoms with Crippen LogP contribution in [0.2, 0.25) is 0 Å². The van der Waals surface area contributed by atoms with Gasteiger partial charge in [-0.15, -0.1) is 11.3 Å². The number of halogens is 1. The van der Waals surface area contributed by atoms with Crippen LogP contribution in [0.4, 0.5) is 0 Å². The van der Waals surface area contributed by atoms with Crippen LogP contribution in [-0.4, -0.2) is 13.2 Å². The van der Waals surface area contributed by atoms with Crippen LogP contribution in [0.5, 0.6) is 0 Å². The second-order valence-electron chi connectivity index (χ2n) is 3.64. The predicted octanol–water partition coefficient (Wildman–Crippen LogP) is 2.94. The van der Waals surface area contributed by atoms with E-state index < -0.39 is 0 Å². The van der Waals surface area contributed by atoms with E-state index >= 15 is 0 Å². The zero-order valence-corrected chi connectivity index (χ0v) is 10.3. The first-order chi connectivity index (χ1) is 6.77. The first-order valence-corrected chi connectivity index (χ1v) is 6.52. The Morgan fingerprint density at radius 2 is 2.21 bits per heavy atom. The molecule has 0 radical (unpaired) electrons. The zero-order chi connectivity index (χ0) is 9.97. The zero-order valence-electron chi connectivity index (χ0n) is 7.91. The van der Waals surface area contributed by atoms with Crippen LogP contribution < -0.4 is 5.73 Å². The van der Waals surface area contributed by atoms with Crippen molar-refractivity contribution in [1.82, 2.24) is 0 Å². The molecule has 0 aliphatic carbocycles. The standard InChI is InChI=1S/C10H14BrNOS/c11-8-5-9(14-6-8)10(12)7-1-3-13-4-2-7/h5-7,10H,1-4,12H2/t10-/m0/s1. The summed E-state index contributed by atoms with van der Waals surface area (Å²) in [6.07, 6.45) is 2.19. The second-order valence-corrected chi connectivity index (χ2v) is 5.50. The molecule has 1 aromatic rings. The summed E-state index contributed by atoms with van der Waals surface area (Å²) < 4.78 is 6.47. The van der Waals surface area contributed by atoms with Crippen molar-refractivity contribution < 1.29 is 4.74 Å².